The summed E-state index contributed by atoms with van der Waals surface area (Å²) in [4.78, 5) is 24.3. The zero-order valence-electron chi connectivity index (χ0n) is 11.5. The third-order valence-electron chi connectivity index (χ3n) is 2.88. The number of esters is 1. The number of aromatic nitrogens is 3. The molecule has 2 aromatic rings. The van der Waals surface area contributed by atoms with Crippen LogP contribution in [-0.4, -0.2) is 33.9 Å². The number of carbonyl (C=O) groups excluding carboxylic acids is 2. The van der Waals surface area contributed by atoms with Gasteiger partial charge in [0.25, 0.3) is 0 Å². The summed E-state index contributed by atoms with van der Waals surface area (Å²) in [6.45, 7) is 1.55. The minimum Gasteiger partial charge on any atom is -0.464 e. The zero-order chi connectivity index (χ0) is 16.4. The Bertz CT molecular complexity index is 725. The van der Waals surface area contributed by atoms with Crippen molar-refractivity contribution < 1.29 is 14.3 Å². The Morgan fingerprint density at radius 3 is 2.41 bits per heavy atom. The zero-order valence-corrected chi connectivity index (χ0v) is 13.8. The number of halogens is 3. The maximum atomic E-state index is 12.5. The van der Waals surface area contributed by atoms with Gasteiger partial charge in [-0.05, 0) is 19.1 Å². The van der Waals surface area contributed by atoms with Gasteiger partial charge in [-0.15, -0.1) is 5.10 Å². The van der Waals surface area contributed by atoms with Crippen LogP contribution in [0.5, 0.6) is 0 Å². The van der Waals surface area contributed by atoms with E-state index in [0.29, 0.717) is 0 Å². The third kappa shape index (κ3) is 2.95. The second-order valence-electron chi connectivity index (χ2n) is 4.26. The highest BCUT2D eigenvalue weighted by Crippen LogP contribution is 2.30. The Morgan fingerprint density at radius 1 is 1.27 bits per heavy atom. The van der Waals surface area contributed by atoms with Crippen LogP contribution in [0.15, 0.2) is 18.2 Å². The Labute approximate surface area is 140 Å². The Morgan fingerprint density at radius 2 is 1.86 bits per heavy atom. The Balaban J connectivity index is 2.47. The van der Waals surface area contributed by atoms with Crippen LogP contribution >= 0.6 is 34.8 Å². The van der Waals surface area contributed by atoms with Crippen LogP contribution in [0.1, 0.15) is 32.0 Å². The quantitative estimate of drug-likeness (QED) is 0.474. The van der Waals surface area contributed by atoms with Crippen molar-refractivity contribution in [2.24, 2.45) is 0 Å². The summed E-state index contributed by atoms with van der Waals surface area (Å²) >= 11 is 18.1. The summed E-state index contributed by atoms with van der Waals surface area (Å²) in [6, 6.07) is 4.63. The molecule has 0 spiro atoms. The number of alkyl halides is 1. The molecule has 0 aliphatic heterocycles. The molecule has 1 unspecified atom stereocenters. The molecule has 0 amide bonds. The number of Topliss-reactive ketones (excluding diaryl/α,β-unsaturated/α-hetero) is 1. The highest BCUT2D eigenvalue weighted by atomic mass is 35.5. The van der Waals surface area contributed by atoms with Crippen molar-refractivity contribution in [3.8, 4) is 0 Å². The summed E-state index contributed by atoms with van der Waals surface area (Å²) in [6.07, 6.45) is 0. The van der Waals surface area contributed by atoms with Crippen molar-refractivity contribution >= 4 is 46.6 Å². The van der Waals surface area contributed by atoms with E-state index in [4.69, 9.17) is 34.8 Å². The summed E-state index contributed by atoms with van der Waals surface area (Å²) < 4.78 is 5.61. The van der Waals surface area contributed by atoms with E-state index in [1.165, 1.54) is 19.2 Å². The summed E-state index contributed by atoms with van der Waals surface area (Å²) in [7, 11) is 1.20. The Kier molecular flexibility index (Phi) is 5.05. The van der Waals surface area contributed by atoms with Gasteiger partial charge in [-0.25, -0.2) is 9.48 Å². The lowest BCUT2D eigenvalue weighted by atomic mass is 10.1. The van der Waals surface area contributed by atoms with Crippen LogP contribution in [-0.2, 0) is 4.74 Å². The predicted molar refractivity (Wildman–Crippen MR) is 81.8 cm³/mol. The highest BCUT2D eigenvalue weighted by Gasteiger charge is 2.30. The fourth-order valence-electron chi connectivity index (χ4n) is 1.83. The first-order valence-electron chi connectivity index (χ1n) is 6.00. The second-order valence-corrected chi connectivity index (χ2v) is 5.48. The number of nitrogens with zero attached hydrogens (tertiary/aromatic N) is 3. The van der Waals surface area contributed by atoms with Gasteiger partial charge >= 0.3 is 5.97 Å². The normalized spacial score (nSPS) is 12.0. The van der Waals surface area contributed by atoms with E-state index >= 15 is 0 Å². The van der Waals surface area contributed by atoms with Gasteiger partial charge in [0.2, 0.25) is 5.78 Å². The van der Waals surface area contributed by atoms with Gasteiger partial charge < -0.3 is 4.74 Å². The molecule has 1 heterocycles. The minimum absolute atomic E-state index is 0.0148. The molecule has 6 nitrogen and oxygen atoms in total. The molecule has 0 N–H and O–H groups in total. The standard InChI is InChI=1S/C13H10Cl3N3O3/c1-6-10(13(21)22-2)19(18-17-6)12(16)11(20)9-7(14)4-3-5-8(9)15/h3-5,12H,1-2H3. The number of ketones is 1. The van der Waals surface area contributed by atoms with Crippen molar-refractivity contribution in [2.75, 3.05) is 7.11 Å². The lowest BCUT2D eigenvalue weighted by Crippen LogP contribution is -2.21. The van der Waals surface area contributed by atoms with Crippen LogP contribution in [0, 0.1) is 6.92 Å². The number of rotatable bonds is 4. The molecular weight excluding hydrogens is 353 g/mol. The highest BCUT2D eigenvalue weighted by molar-refractivity contribution is 6.42. The predicted octanol–water partition coefficient (Wildman–Crippen LogP) is 3.30. The molecule has 0 aliphatic rings. The molecule has 9 heteroatoms. The van der Waals surface area contributed by atoms with E-state index in [2.05, 4.69) is 15.0 Å². The summed E-state index contributed by atoms with van der Waals surface area (Å²) in [5.41, 5.74) is -1.02. The molecule has 0 saturated carbocycles. The monoisotopic (exact) mass is 361 g/mol. The topological polar surface area (TPSA) is 74.1 Å². The lowest BCUT2D eigenvalue weighted by Gasteiger charge is -2.13. The van der Waals surface area contributed by atoms with Crippen molar-refractivity contribution in [3.63, 3.8) is 0 Å². The van der Waals surface area contributed by atoms with E-state index in [9.17, 15) is 9.59 Å². The molecule has 0 saturated heterocycles. The molecule has 116 valence electrons. The number of methoxy groups -OCH3 is 1. The number of aryl methyl sites for hydroxylation is 1. The molecule has 1 aromatic carbocycles. The van der Waals surface area contributed by atoms with Crippen LogP contribution in [0.2, 0.25) is 10.0 Å². The summed E-state index contributed by atoms with van der Waals surface area (Å²) in [5.74, 6) is -1.31. The van der Waals surface area contributed by atoms with Gasteiger partial charge in [0.1, 0.15) is 0 Å². The van der Waals surface area contributed by atoms with Crippen LogP contribution in [0.3, 0.4) is 0 Å². The first-order chi connectivity index (χ1) is 10.4. The van der Waals surface area contributed by atoms with E-state index in [0.717, 1.165) is 4.68 Å². The van der Waals surface area contributed by atoms with Gasteiger partial charge in [-0.2, -0.15) is 0 Å². The number of benzene rings is 1. The molecule has 0 aliphatic carbocycles. The number of hydrogen-bond acceptors (Lipinski definition) is 5. The molecule has 0 fully saturated rings. The van der Waals surface area contributed by atoms with Gasteiger partial charge in [0, 0.05) is 0 Å². The maximum Gasteiger partial charge on any atom is 0.358 e. The van der Waals surface area contributed by atoms with E-state index < -0.39 is 17.3 Å². The molecular formula is C13H10Cl3N3O3. The van der Waals surface area contributed by atoms with Crippen molar-refractivity contribution in [3.05, 3.63) is 45.2 Å². The first kappa shape index (κ1) is 16.7. The Hall–Kier alpha value is -1.63. The second kappa shape index (κ2) is 6.64. The molecule has 22 heavy (non-hydrogen) atoms. The van der Waals surface area contributed by atoms with E-state index in [-0.39, 0.29) is 27.0 Å². The smallest absolute Gasteiger partial charge is 0.358 e. The van der Waals surface area contributed by atoms with Crippen molar-refractivity contribution in [1.82, 2.24) is 15.0 Å². The first-order valence-corrected chi connectivity index (χ1v) is 7.20. The average Bonchev–Trinajstić information content (AvgIpc) is 2.87. The van der Waals surface area contributed by atoms with E-state index in [1.54, 1.807) is 13.0 Å². The molecule has 0 radical (unpaired) electrons. The fraction of sp³-hybridized carbons (Fsp3) is 0.231. The van der Waals surface area contributed by atoms with Gasteiger partial charge in [0.05, 0.1) is 28.4 Å². The van der Waals surface area contributed by atoms with Crippen LogP contribution < -0.4 is 0 Å². The van der Waals surface area contributed by atoms with Crippen LogP contribution in [0.4, 0.5) is 0 Å². The number of hydrogen-bond donors (Lipinski definition) is 0. The molecule has 1 aromatic heterocycles. The molecule has 2 rings (SSSR count). The average molecular weight is 363 g/mol. The molecule has 0 bridgehead atoms. The number of carbonyl (C=O) groups is 2. The maximum absolute atomic E-state index is 12.5. The van der Waals surface area contributed by atoms with Crippen LogP contribution in [0.25, 0.3) is 0 Å². The summed E-state index contributed by atoms with van der Waals surface area (Å²) in [5, 5.41) is 7.76. The largest absolute Gasteiger partial charge is 0.464 e. The third-order valence-corrected chi connectivity index (χ3v) is 3.89. The van der Waals surface area contributed by atoms with E-state index in [1.807, 2.05) is 0 Å². The SMILES string of the molecule is COC(=O)c1c(C)nnn1C(Cl)C(=O)c1c(Cl)cccc1Cl. The fourth-order valence-corrected chi connectivity index (χ4v) is 2.66. The van der Waals surface area contributed by atoms with Crippen molar-refractivity contribution in [1.29, 1.82) is 0 Å². The minimum atomic E-state index is -1.34. The van der Waals surface area contributed by atoms with Gasteiger partial charge in [-0.3, -0.25) is 4.79 Å². The van der Waals surface area contributed by atoms with Gasteiger partial charge in [-0.1, -0.05) is 46.1 Å². The van der Waals surface area contributed by atoms with Crippen molar-refractivity contribution in [2.45, 2.75) is 12.4 Å². The molecule has 1 atom stereocenters. The van der Waals surface area contributed by atoms with Gasteiger partial charge in [0.15, 0.2) is 11.2 Å². The lowest BCUT2D eigenvalue weighted by molar-refractivity contribution is 0.0585. The number of ether oxygens (including phenoxy) is 1.